The molecule has 2 heterocycles. The Hall–Kier alpha value is -2.09. The fourth-order valence-corrected chi connectivity index (χ4v) is 4.90. The molecule has 4 rings (SSSR count). The molecule has 0 N–H and O–H groups in total. The van der Waals surface area contributed by atoms with Crippen LogP contribution >= 0.6 is 0 Å². The van der Waals surface area contributed by atoms with Crippen LogP contribution in [-0.2, 0) is 9.84 Å². The van der Waals surface area contributed by atoms with Gasteiger partial charge in [-0.3, -0.25) is 4.90 Å². The summed E-state index contributed by atoms with van der Waals surface area (Å²) in [5.74, 6) is 0.721. The second-order valence-electron chi connectivity index (χ2n) is 6.12. The number of hydrogen-bond acceptors (Lipinski definition) is 7. The Morgan fingerprint density at radius 3 is 2.71 bits per heavy atom. The van der Waals surface area contributed by atoms with Crippen molar-refractivity contribution in [3.8, 4) is 5.75 Å². The van der Waals surface area contributed by atoms with Gasteiger partial charge in [-0.05, 0) is 25.0 Å². The average Bonchev–Trinajstić information content (AvgIpc) is 3.13. The number of para-hydroxylation sites is 2. The Labute approximate surface area is 140 Å². The molecule has 2 aromatic rings. The van der Waals surface area contributed by atoms with E-state index < -0.39 is 15.1 Å². The highest BCUT2D eigenvalue weighted by Gasteiger charge is 2.35. The summed E-state index contributed by atoms with van der Waals surface area (Å²) in [5, 5.41) is 7.12. The molecule has 128 valence electrons. The zero-order valence-electron chi connectivity index (χ0n) is 13.2. The minimum atomic E-state index is -3.56. The van der Waals surface area contributed by atoms with Crippen molar-refractivity contribution in [1.82, 2.24) is 10.2 Å². The minimum Gasteiger partial charge on any atom is -0.490 e. The van der Waals surface area contributed by atoms with Crippen molar-refractivity contribution in [3.63, 3.8) is 0 Å². The molecule has 0 bridgehead atoms. The van der Waals surface area contributed by atoms with Crippen LogP contribution in [0.1, 0.15) is 32.1 Å². The summed E-state index contributed by atoms with van der Waals surface area (Å²) in [5.41, 5.74) is 0.800. The molecule has 24 heavy (non-hydrogen) atoms. The average molecular weight is 349 g/mol. The predicted molar refractivity (Wildman–Crippen MR) is 87.3 cm³/mol. The first-order valence-corrected chi connectivity index (χ1v) is 9.78. The summed E-state index contributed by atoms with van der Waals surface area (Å²) in [6, 6.07) is 7.71. The third-order valence-corrected chi connectivity index (χ3v) is 6.59. The van der Waals surface area contributed by atoms with E-state index in [0.29, 0.717) is 26.0 Å². The largest absolute Gasteiger partial charge is 0.490 e. The molecule has 0 radical (unpaired) electrons. The molecule has 7 nitrogen and oxygen atoms in total. The molecule has 1 saturated carbocycles. The molecular formula is C16H19N3O4S. The van der Waals surface area contributed by atoms with E-state index in [1.165, 1.54) is 0 Å². The summed E-state index contributed by atoms with van der Waals surface area (Å²) in [6.07, 6.45) is 4.29. The second-order valence-corrected chi connectivity index (χ2v) is 8.23. The van der Waals surface area contributed by atoms with Gasteiger partial charge in [-0.1, -0.05) is 41.6 Å². The summed E-state index contributed by atoms with van der Waals surface area (Å²) < 4.78 is 36.5. The molecule has 1 aromatic carbocycles. The molecule has 1 aliphatic carbocycles. The van der Waals surface area contributed by atoms with Crippen molar-refractivity contribution in [2.45, 2.75) is 42.6 Å². The Bertz CT molecular complexity index is 827. The first-order valence-electron chi connectivity index (χ1n) is 8.23. The molecule has 2 aliphatic rings. The van der Waals surface area contributed by atoms with Crippen LogP contribution in [0.4, 0.5) is 11.7 Å². The van der Waals surface area contributed by atoms with E-state index in [2.05, 4.69) is 10.2 Å². The van der Waals surface area contributed by atoms with Crippen LogP contribution in [0.25, 0.3) is 0 Å². The van der Waals surface area contributed by atoms with Crippen LogP contribution in [0.2, 0.25) is 0 Å². The first-order chi connectivity index (χ1) is 11.7. The van der Waals surface area contributed by atoms with Crippen molar-refractivity contribution >= 4 is 21.5 Å². The van der Waals surface area contributed by atoms with E-state index in [0.717, 1.165) is 30.7 Å². The Kier molecular flexibility index (Phi) is 3.91. The van der Waals surface area contributed by atoms with Gasteiger partial charge in [0.05, 0.1) is 17.5 Å². The lowest BCUT2D eigenvalue weighted by molar-refractivity contribution is 0.308. The van der Waals surface area contributed by atoms with E-state index in [1.807, 2.05) is 24.3 Å². The second kappa shape index (κ2) is 6.08. The fraction of sp³-hybridized carbons (Fsp3) is 0.500. The maximum atomic E-state index is 12.7. The van der Waals surface area contributed by atoms with Crippen molar-refractivity contribution in [2.75, 3.05) is 18.1 Å². The van der Waals surface area contributed by atoms with E-state index in [1.54, 1.807) is 4.90 Å². The molecule has 8 heteroatoms. The number of rotatable bonds is 3. The Balaban J connectivity index is 1.64. The summed E-state index contributed by atoms with van der Waals surface area (Å²) in [6.45, 7) is 1.01. The number of fused-ring (bicyclic) bond motifs is 1. The molecular weight excluding hydrogens is 330 g/mol. The van der Waals surface area contributed by atoms with Crippen LogP contribution in [0.3, 0.4) is 0 Å². The zero-order valence-corrected chi connectivity index (χ0v) is 14.0. The number of aromatic nitrogens is 2. The Morgan fingerprint density at radius 1 is 1.08 bits per heavy atom. The molecule has 0 amide bonds. The van der Waals surface area contributed by atoms with E-state index in [4.69, 9.17) is 9.15 Å². The van der Waals surface area contributed by atoms with Gasteiger partial charge in [0.2, 0.25) is 9.84 Å². The molecule has 0 spiro atoms. The first kappa shape index (κ1) is 15.4. The van der Waals surface area contributed by atoms with Crippen molar-refractivity contribution in [2.24, 2.45) is 0 Å². The smallest absolute Gasteiger partial charge is 0.337 e. The van der Waals surface area contributed by atoms with Crippen molar-refractivity contribution < 1.29 is 17.6 Å². The third kappa shape index (κ3) is 2.64. The number of ether oxygens (including phenoxy) is 1. The van der Waals surface area contributed by atoms with Gasteiger partial charge < -0.3 is 9.15 Å². The van der Waals surface area contributed by atoms with Gasteiger partial charge in [-0.15, -0.1) is 0 Å². The van der Waals surface area contributed by atoms with Gasteiger partial charge in [0.15, 0.2) is 0 Å². The van der Waals surface area contributed by atoms with E-state index in [-0.39, 0.29) is 11.2 Å². The highest BCUT2D eigenvalue weighted by Crippen LogP contribution is 2.36. The lowest BCUT2D eigenvalue weighted by atomic mass is 10.0. The quantitative estimate of drug-likeness (QED) is 0.842. The molecule has 1 fully saturated rings. The normalized spacial score (nSPS) is 18.9. The van der Waals surface area contributed by atoms with Gasteiger partial charge in [0, 0.05) is 0 Å². The van der Waals surface area contributed by atoms with Gasteiger partial charge in [0.25, 0.3) is 0 Å². The molecule has 1 aliphatic heterocycles. The van der Waals surface area contributed by atoms with Crippen LogP contribution in [0, 0.1) is 0 Å². The fourth-order valence-electron chi connectivity index (χ4n) is 3.31. The number of nitrogens with zero attached hydrogens (tertiary/aromatic N) is 3. The lowest BCUT2D eigenvalue weighted by Gasteiger charge is -2.27. The van der Waals surface area contributed by atoms with Crippen LogP contribution in [0.5, 0.6) is 5.75 Å². The van der Waals surface area contributed by atoms with E-state index >= 15 is 0 Å². The SMILES string of the molecule is O=S(=O)(c1nnc(N2CCOc3ccccc32)o1)C1CCCCC1. The number of anilines is 2. The summed E-state index contributed by atoms with van der Waals surface area (Å²) >= 11 is 0. The van der Waals surface area contributed by atoms with Gasteiger partial charge in [0.1, 0.15) is 12.4 Å². The third-order valence-electron chi connectivity index (χ3n) is 4.59. The number of hydrogen-bond donors (Lipinski definition) is 0. The summed E-state index contributed by atoms with van der Waals surface area (Å²) in [4.78, 5) is 1.80. The maximum Gasteiger partial charge on any atom is 0.337 e. The minimum absolute atomic E-state index is 0.195. The van der Waals surface area contributed by atoms with Gasteiger partial charge in [-0.2, -0.15) is 0 Å². The van der Waals surface area contributed by atoms with Crippen molar-refractivity contribution in [1.29, 1.82) is 0 Å². The lowest BCUT2D eigenvalue weighted by Crippen LogP contribution is -2.28. The topological polar surface area (TPSA) is 85.5 Å². The number of sulfone groups is 1. The molecule has 0 unspecified atom stereocenters. The van der Waals surface area contributed by atoms with Crippen LogP contribution in [0.15, 0.2) is 33.9 Å². The maximum absolute atomic E-state index is 12.7. The standard InChI is InChI=1S/C16H19N3O4S/c20-24(21,12-6-2-1-3-7-12)16-18-17-15(23-16)19-10-11-22-14-9-5-4-8-13(14)19/h4-5,8-9,12H,1-3,6-7,10-11H2. The molecule has 0 atom stereocenters. The van der Waals surface area contributed by atoms with Crippen LogP contribution in [-0.4, -0.2) is 37.0 Å². The predicted octanol–water partition coefficient (Wildman–Crippen LogP) is 2.71. The monoisotopic (exact) mass is 349 g/mol. The number of benzene rings is 1. The van der Waals surface area contributed by atoms with Crippen LogP contribution < -0.4 is 9.64 Å². The highest BCUT2D eigenvalue weighted by molar-refractivity contribution is 7.91. The molecule has 0 saturated heterocycles. The van der Waals surface area contributed by atoms with Gasteiger partial charge in [-0.25, -0.2) is 8.42 Å². The Morgan fingerprint density at radius 2 is 1.88 bits per heavy atom. The summed E-state index contributed by atoms with van der Waals surface area (Å²) in [7, 11) is -3.56. The van der Waals surface area contributed by atoms with Gasteiger partial charge >= 0.3 is 11.2 Å². The van der Waals surface area contributed by atoms with Crippen molar-refractivity contribution in [3.05, 3.63) is 24.3 Å². The molecule has 1 aromatic heterocycles. The highest BCUT2D eigenvalue weighted by atomic mass is 32.2. The van der Waals surface area contributed by atoms with E-state index in [9.17, 15) is 8.42 Å². The zero-order chi connectivity index (χ0) is 16.6.